The SMILES string of the molecule is CCc1ccc2oc(C(=O)N[C@@H](Cc3ccc(Cl)cc3)C(=O)N3CCC(c4ccccc4CN4CCCCC4=O)CC3)cc(=O)c2c1. The third-order valence-electron chi connectivity index (χ3n) is 9.46. The summed E-state index contributed by atoms with van der Waals surface area (Å²) >= 11 is 6.11. The Morgan fingerprint density at radius 2 is 1.68 bits per heavy atom. The van der Waals surface area contributed by atoms with Crippen molar-refractivity contribution in [1.29, 1.82) is 0 Å². The molecule has 6 rings (SSSR count). The van der Waals surface area contributed by atoms with Crippen molar-refractivity contribution in [2.75, 3.05) is 19.6 Å². The molecule has 2 saturated heterocycles. The summed E-state index contributed by atoms with van der Waals surface area (Å²) in [7, 11) is 0. The molecular formula is C38H40ClN3O5. The highest BCUT2D eigenvalue weighted by Crippen LogP contribution is 2.32. The van der Waals surface area contributed by atoms with Crippen LogP contribution < -0.4 is 10.7 Å². The van der Waals surface area contributed by atoms with Gasteiger partial charge in [-0.15, -0.1) is 0 Å². The Labute approximate surface area is 279 Å². The van der Waals surface area contributed by atoms with Gasteiger partial charge in [0.25, 0.3) is 5.91 Å². The predicted molar refractivity (Wildman–Crippen MR) is 183 cm³/mol. The normalized spacial score (nSPS) is 16.3. The van der Waals surface area contributed by atoms with Gasteiger partial charge in [-0.3, -0.25) is 19.2 Å². The molecule has 0 radical (unpaired) electrons. The molecule has 3 aromatic carbocycles. The van der Waals surface area contributed by atoms with Gasteiger partial charge in [-0.2, -0.15) is 0 Å². The smallest absolute Gasteiger partial charge is 0.287 e. The second kappa shape index (κ2) is 14.6. The van der Waals surface area contributed by atoms with E-state index in [1.165, 1.54) is 17.2 Å². The lowest BCUT2D eigenvalue weighted by Gasteiger charge is -2.36. The van der Waals surface area contributed by atoms with Crippen LogP contribution in [0.25, 0.3) is 11.0 Å². The van der Waals surface area contributed by atoms with Crippen molar-refractivity contribution >= 4 is 40.3 Å². The van der Waals surface area contributed by atoms with Gasteiger partial charge in [0.1, 0.15) is 11.6 Å². The van der Waals surface area contributed by atoms with Crippen LogP contribution in [0, 0.1) is 0 Å². The standard InChI is InChI=1S/C38H40ClN3O5/c1-2-25-12-15-34-31(21-25)33(43)23-35(47-34)37(45)40-32(22-26-10-13-29(39)14-11-26)38(46)41-19-16-27(17-20-41)30-8-4-3-7-28(30)24-42-18-6-5-9-36(42)44/h3-4,7-8,10-15,21,23,27,32H,2,5-6,9,16-20,22,24H2,1H3,(H,40,45)/t32-/m0/s1. The molecule has 1 atom stereocenters. The Kier molecular flexibility index (Phi) is 10.1. The number of halogens is 1. The van der Waals surface area contributed by atoms with Crippen LogP contribution in [0.5, 0.6) is 0 Å². The van der Waals surface area contributed by atoms with E-state index < -0.39 is 11.9 Å². The topological polar surface area (TPSA) is 99.9 Å². The number of likely N-dealkylation sites (tertiary alicyclic amines) is 2. The summed E-state index contributed by atoms with van der Waals surface area (Å²) in [6.07, 6.45) is 5.19. The van der Waals surface area contributed by atoms with Gasteiger partial charge in [-0.05, 0) is 84.5 Å². The zero-order valence-corrected chi connectivity index (χ0v) is 27.4. The number of nitrogens with one attached hydrogen (secondary N) is 1. The van der Waals surface area contributed by atoms with E-state index in [9.17, 15) is 19.2 Å². The zero-order valence-electron chi connectivity index (χ0n) is 26.7. The Hall–Kier alpha value is -4.43. The number of hydrogen-bond acceptors (Lipinski definition) is 5. The van der Waals surface area contributed by atoms with Crippen LogP contribution in [-0.4, -0.2) is 53.2 Å². The number of nitrogens with zero attached hydrogens (tertiary/aromatic N) is 2. The number of aryl methyl sites for hydroxylation is 1. The van der Waals surface area contributed by atoms with Gasteiger partial charge in [0, 0.05) is 50.1 Å². The zero-order chi connectivity index (χ0) is 32.9. The number of carbonyl (C=O) groups excluding carboxylic acids is 3. The van der Waals surface area contributed by atoms with Crippen molar-refractivity contribution in [3.8, 4) is 0 Å². The van der Waals surface area contributed by atoms with Gasteiger partial charge in [0.15, 0.2) is 11.2 Å². The molecule has 47 heavy (non-hydrogen) atoms. The maximum atomic E-state index is 14.0. The lowest BCUT2D eigenvalue weighted by molar-refractivity contribution is -0.135. The minimum atomic E-state index is -0.874. The molecule has 1 N–H and O–H groups in total. The van der Waals surface area contributed by atoms with Crippen molar-refractivity contribution in [1.82, 2.24) is 15.1 Å². The minimum absolute atomic E-state index is 0.136. The van der Waals surface area contributed by atoms with Gasteiger partial charge < -0.3 is 19.5 Å². The summed E-state index contributed by atoms with van der Waals surface area (Å²) < 4.78 is 5.85. The summed E-state index contributed by atoms with van der Waals surface area (Å²) in [6, 6.07) is 21.2. The summed E-state index contributed by atoms with van der Waals surface area (Å²) in [5, 5.41) is 3.87. The number of piperidine rings is 2. The molecule has 0 spiro atoms. The molecular weight excluding hydrogens is 614 g/mol. The second-order valence-corrected chi connectivity index (χ2v) is 13.0. The highest BCUT2D eigenvalue weighted by Gasteiger charge is 2.32. The number of benzene rings is 3. The molecule has 0 bridgehead atoms. The van der Waals surface area contributed by atoms with Gasteiger partial charge in [-0.25, -0.2) is 0 Å². The highest BCUT2D eigenvalue weighted by atomic mass is 35.5. The predicted octanol–water partition coefficient (Wildman–Crippen LogP) is 6.27. The van der Waals surface area contributed by atoms with Gasteiger partial charge >= 0.3 is 0 Å². The van der Waals surface area contributed by atoms with Crippen molar-refractivity contribution in [2.24, 2.45) is 0 Å². The summed E-state index contributed by atoms with van der Waals surface area (Å²) in [5.41, 5.74) is 4.27. The fourth-order valence-electron chi connectivity index (χ4n) is 6.76. The Morgan fingerprint density at radius 3 is 2.43 bits per heavy atom. The van der Waals surface area contributed by atoms with Crippen LogP contribution in [0.4, 0.5) is 0 Å². The molecule has 0 aliphatic carbocycles. The van der Waals surface area contributed by atoms with E-state index in [1.807, 2.05) is 47.1 Å². The Morgan fingerprint density at radius 1 is 0.936 bits per heavy atom. The van der Waals surface area contributed by atoms with Crippen molar-refractivity contribution in [3.63, 3.8) is 0 Å². The van der Waals surface area contributed by atoms with Crippen molar-refractivity contribution in [2.45, 2.75) is 70.4 Å². The van der Waals surface area contributed by atoms with Gasteiger partial charge in [0.2, 0.25) is 11.8 Å². The van der Waals surface area contributed by atoms with Crippen molar-refractivity contribution in [3.05, 3.63) is 116 Å². The maximum Gasteiger partial charge on any atom is 0.287 e. The average molecular weight is 654 g/mol. The highest BCUT2D eigenvalue weighted by molar-refractivity contribution is 6.30. The first kappa shape index (κ1) is 32.5. The third kappa shape index (κ3) is 7.60. The lowest BCUT2D eigenvalue weighted by Crippen LogP contribution is -2.51. The molecule has 4 aromatic rings. The monoisotopic (exact) mass is 653 g/mol. The molecule has 244 valence electrons. The van der Waals surface area contributed by atoms with E-state index in [2.05, 4.69) is 17.4 Å². The molecule has 2 aliphatic heterocycles. The van der Waals surface area contributed by atoms with E-state index in [-0.39, 0.29) is 35.3 Å². The molecule has 0 saturated carbocycles. The largest absolute Gasteiger partial charge is 0.451 e. The summed E-state index contributed by atoms with van der Waals surface area (Å²) in [5.74, 6) is -0.460. The molecule has 0 unspecified atom stereocenters. The van der Waals surface area contributed by atoms with Crippen LogP contribution in [0.3, 0.4) is 0 Å². The quantitative estimate of drug-likeness (QED) is 0.230. The summed E-state index contributed by atoms with van der Waals surface area (Å²) in [4.78, 5) is 56.7. The molecule has 8 nitrogen and oxygen atoms in total. The van der Waals surface area contributed by atoms with Crippen molar-refractivity contribution < 1.29 is 18.8 Å². The van der Waals surface area contributed by atoms with E-state index in [1.54, 1.807) is 24.3 Å². The molecule has 1 aromatic heterocycles. The number of carbonyl (C=O) groups is 3. The van der Waals surface area contributed by atoms with Crippen LogP contribution in [0.15, 0.2) is 82.0 Å². The third-order valence-corrected chi connectivity index (χ3v) is 9.72. The summed E-state index contributed by atoms with van der Waals surface area (Å²) in [6.45, 7) is 4.50. The number of amides is 3. The van der Waals surface area contributed by atoms with Crippen LogP contribution in [0.2, 0.25) is 5.02 Å². The van der Waals surface area contributed by atoms with E-state index in [0.29, 0.717) is 42.0 Å². The Balaban J connectivity index is 1.18. The first-order valence-electron chi connectivity index (χ1n) is 16.6. The molecule has 3 heterocycles. The average Bonchev–Trinajstić information content (AvgIpc) is 3.09. The van der Waals surface area contributed by atoms with Crippen LogP contribution >= 0.6 is 11.6 Å². The van der Waals surface area contributed by atoms with Gasteiger partial charge in [-0.1, -0.05) is 61.0 Å². The second-order valence-electron chi connectivity index (χ2n) is 12.6. The molecule has 3 amide bonds. The minimum Gasteiger partial charge on any atom is -0.451 e. The molecule has 9 heteroatoms. The van der Waals surface area contributed by atoms with Crippen LogP contribution in [-0.2, 0) is 29.0 Å². The fourth-order valence-corrected chi connectivity index (χ4v) is 6.89. The van der Waals surface area contributed by atoms with E-state index >= 15 is 0 Å². The molecule has 2 fully saturated rings. The number of rotatable bonds is 9. The van der Waals surface area contributed by atoms with Gasteiger partial charge in [0.05, 0.1) is 5.39 Å². The molecule has 2 aliphatic rings. The number of hydrogen-bond donors (Lipinski definition) is 1. The maximum absolute atomic E-state index is 14.0. The first-order valence-corrected chi connectivity index (χ1v) is 16.9. The van der Waals surface area contributed by atoms with E-state index in [4.69, 9.17) is 16.0 Å². The van der Waals surface area contributed by atoms with E-state index in [0.717, 1.165) is 49.8 Å². The first-order chi connectivity index (χ1) is 22.8. The number of fused-ring (bicyclic) bond motifs is 1. The fraction of sp³-hybridized carbons (Fsp3) is 0.368. The van der Waals surface area contributed by atoms with Crippen LogP contribution in [0.1, 0.15) is 77.8 Å². The lowest BCUT2D eigenvalue weighted by atomic mass is 9.86. The Bertz CT molecular complexity index is 1830.